The Morgan fingerprint density at radius 1 is 1.17 bits per heavy atom. The van der Waals surface area contributed by atoms with Crippen molar-refractivity contribution in [2.24, 2.45) is 0 Å². The minimum Gasteiger partial charge on any atom is -0.339 e. The number of imidazole rings is 1. The van der Waals surface area contributed by atoms with Crippen molar-refractivity contribution in [3.8, 4) is 0 Å². The zero-order valence-electron chi connectivity index (χ0n) is 15.4. The molecule has 2 fully saturated rings. The van der Waals surface area contributed by atoms with Gasteiger partial charge in [-0.3, -0.25) is 0 Å². The van der Waals surface area contributed by atoms with Crippen molar-refractivity contribution in [3.63, 3.8) is 0 Å². The number of benzene rings is 1. The van der Waals surface area contributed by atoms with Crippen LogP contribution in [0.3, 0.4) is 0 Å². The van der Waals surface area contributed by atoms with Gasteiger partial charge in [-0.05, 0) is 49.1 Å². The Bertz CT molecular complexity index is 1100. The SMILES string of the molecule is O=C1N(Cc2nc3nc(F)ccc3[nH]2)CC(Cc2ccc(Cl)cc2Cl)N1C1CC1. The van der Waals surface area contributed by atoms with Gasteiger partial charge in [0.15, 0.2) is 5.65 Å². The fourth-order valence-corrected chi connectivity index (χ4v) is 4.44. The molecule has 1 saturated carbocycles. The van der Waals surface area contributed by atoms with Crippen LogP contribution in [0.5, 0.6) is 0 Å². The molecule has 5 rings (SSSR count). The summed E-state index contributed by atoms with van der Waals surface area (Å²) in [6.07, 6.45) is 2.72. The number of carbonyl (C=O) groups is 1. The molecule has 2 aliphatic rings. The normalized spacial score (nSPS) is 19.6. The average Bonchev–Trinajstić information content (AvgIpc) is 3.35. The molecule has 1 aliphatic carbocycles. The summed E-state index contributed by atoms with van der Waals surface area (Å²) >= 11 is 12.4. The van der Waals surface area contributed by atoms with Gasteiger partial charge in [0.2, 0.25) is 5.95 Å². The third kappa shape index (κ3) is 3.65. The minimum absolute atomic E-state index is 0.00202. The summed E-state index contributed by atoms with van der Waals surface area (Å²) < 4.78 is 13.3. The lowest BCUT2D eigenvalue weighted by Crippen LogP contribution is -2.37. The van der Waals surface area contributed by atoms with E-state index in [2.05, 4.69) is 15.0 Å². The molecule has 29 heavy (non-hydrogen) atoms. The number of amides is 2. The van der Waals surface area contributed by atoms with Gasteiger partial charge in [0, 0.05) is 22.6 Å². The average molecular weight is 434 g/mol. The molecule has 3 aromatic rings. The first kappa shape index (κ1) is 18.6. The maximum absolute atomic E-state index is 13.3. The number of H-pyrrole nitrogens is 1. The maximum Gasteiger partial charge on any atom is 0.321 e. The Morgan fingerprint density at radius 2 is 2.00 bits per heavy atom. The van der Waals surface area contributed by atoms with E-state index in [1.807, 2.05) is 17.0 Å². The van der Waals surface area contributed by atoms with E-state index < -0.39 is 5.95 Å². The van der Waals surface area contributed by atoms with Crippen LogP contribution in [-0.4, -0.2) is 49.4 Å². The summed E-state index contributed by atoms with van der Waals surface area (Å²) in [6.45, 7) is 0.901. The number of aromatic amines is 1. The third-order valence-electron chi connectivity index (χ3n) is 5.43. The highest BCUT2D eigenvalue weighted by Crippen LogP contribution is 2.35. The molecular formula is C20H18Cl2FN5O. The number of aromatic nitrogens is 3. The summed E-state index contributed by atoms with van der Waals surface area (Å²) in [6, 6.07) is 8.68. The van der Waals surface area contributed by atoms with Crippen LogP contribution in [0.25, 0.3) is 11.2 Å². The number of halogens is 3. The monoisotopic (exact) mass is 433 g/mol. The molecule has 0 spiro atoms. The summed E-state index contributed by atoms with van der Waals surface area (Å²) in [7, 11) is 0. The van der Waals surface area contributed by atoms with Crippen LogP contribution in [-0.2, 0) is 13.0 Å². The standard InChI is InChI=1S/C20H18Cl2FN5O/c21-12-2-1-11(15(22)8-12)7-14-9-27(20(29)28(14)13-3-4-13)10-18-24-16-5-6-17(23)25-19(16)26-18/h1-2,5-6,8,13-14H,3-4,7,9-10H2,(H,24,25,26). The summed E-state index contributed by atoms with van der Waals surface area (Å²) in [5, 5.41) is 1.21. The van der Waals surface area contributed by atoms with Gasteiger partial charge in [0.05, 0.1) is 18.1 Å². The highest BCUT2D eigenvalue weighted by molar-refractivity contribution is 6.35. The summed E-state index contributed by atoms with van der Waals surface area (Å²) in [5.74, 6) is 0.0139. The fraction of sp³-hybridized carbons (Fsp3) is 0.350. The maximum atomic E-state index is 13.3. The second-order valence-electron chi connectivity index (χ2n) is 7.58. The molecule has 150 valence electrons. The highest BCUT2D eigenvalue weighted by atomic mass is 35.5. The van der Waals surface area contributed by atoms with Crippen LogP contribution >= 0.6 is 23.2 Å². The molecule has 1 unspecified atom stereocenters. The molecule has 6 nitrogen and oxygen atoms in total. The summed E-state index contributed by atoms with van der Waals surface area (Å²) in [5.41, 5.74) is 1.94. The van der Waals surface area contributed by atoms with Crippen molar-refractivity contribution in [3.05, 3.63) is 57.7 Å². The molecule has 0 bridgehead atoms. The molecular weight excluding hydrogens is 416 g/mol. The van der Waals surface area contributed by atoms with Gasteiger partial charge in [0.25, 0.3) is 0 Å². The predicted octanol–water partition coefficient (Wildman–Crippen LogP) is 4.42. The molecule has 1 saturated heterocycles. The van der Waals surface area contributed by atoms with Crippen molar-refractivity contribution in [1.29, 1.82) is 0 Å². The number of urea groups is 1. The van der Waals surface area contributed by atoms with Crippen molar-refractivity contribution in [2.45, 2.75) is 37.9 Å². The van der Waals surface area contributed by atoms with Gasteiger partial charge in [-0.25, -0.2) is 9.78 Å². The van der Waals surface area contributed by atoms with Crippen molar-refractivity contribution < 1.29 is 9.18 Å². The lowest BCUT2D eigenvalue weighted by Gasteiger charge is -2.23. The Labute approximate surface area is 176 Å². The molecule has 1 aromatic carbocycles. The lowest BCUT2D eigenvalue weighted by atomic mass is 10.1. The molecule has 2 amide bonds. The van der Waals surface area contributed by atoms with E-state index in [-0.39, 0.29) is 18.1 Å². The molecule has 1 N–H and O–H groups in total. The Morgan fingerprint density at radius 3 is 2.76 bits per heavy atom. The minimum atomic E-state index is -0.576. The molecule has 9 heteroatoms. The number of pyridine rings is 1. The van der Waals surface area contributed by atoms with Crippen LogP contribution in [0.4, 0.5) is 9.18 Å². The highest BCUT2D eigenvalue weighted by Gasteiger charge is 2.45. The fourth-order valence-electron chi connectivity index (χ4n) is 3.96. The number of nitrogens with one attached hydrogen (secondary N) is 1. The molecule has 0 radical (unpaired) electrons. The second kappa shape index (κ2) is 7.15. The van der Waals surface area contributed by atoms with Crippen LogP contribution in [0.2, 0.25) is 10.0 Å². The first-order valence-electron chi connectivity index (χ1n) is 9.50. The number of nitrogens with zero attached hydrogens (tertiary/aromatic N) is 4. The summed E-state index contributed by atoms with van der Waals surface area (Å²) in [4.78, 5) is 28.1. The van der Waals surface area contributed by atoms with E-state index >= 15 is 0 Å². The number of fused-ring (bicyclic) bond motifs is 1. The Hall–Kier alpha value is -2.38. The Balaban J connectivity index is 1.37. The van der Waals surface area contributed by atoms with E-state index in [0.29, 0.717) is 46.5 Å². The molecule has 3 heterocycles. The van der Waals surface area contributed by atoms with Gasteiger partial charge in [-0.15, -0.1) is 0 Å². The van der Waals surface area contributed by atoms with Gasteiger partial charge >= 0.3 is 6.03 Å². The molecule has 1 aliphatic heterocycles. The van der Waals surface area contributed by atoms with Gasteiger partial charge in [-0.2, -0.15) is 9.37 Å². The van der Waals surface area contributed by atoms with E-state index in [1.54, 1.807) is 17.0 Å². The zero-order chi connectivity index (χ0) is 20.1. The quantitative estimate of drug-likeness (QED) is 0.605. The first-order chi connectivity index (χ1) is 14.0. The number of rotatable bonds is 5. The van der Waals surface area contributed by atoms with Crippen LogP contribution in [0.1, 0.15) is 24.2 Å². The van der Waals surface area contributed by atoms with E-state index in [4.69, 9.17) is 23.2 Å². The zero-order valence-corrected chi connectivity index (χ0v) is 16.9. The van der Waals surface area contributed by atoms with Gasteiger partial charge < -0.3 is 14.8 Å². The van der Waals surface area contributed by atoms with Crippen LogP contribution in [0.15, 0.2) is 30.3 Å². The van der Waals surface area contributed by atoms with Crippen LogP contribution < -0.4 is 0 Å². The van der Waals surface area contributed by atoms with Crippen molar-refractivity contribution in [1.82, 2.24) is 24.8 Å². The first-order valence-corrected chi connectivity index (χ1v) is 10.3. The third-order valence-corrected chi connectivity index (χ3v) is 6.02. The smallest absolute Gasteiger partial charge is 0.321 e. The van der Waals surface area contributed by atoms with Crippen molar-refractivity contribution in [2.75, 3.05) is 6.54 Å². The van der Waals surface area contributed by atoms with Crippen molar-refractivity contribution >= 4 is 40.4 Å². The molecule has 2 aromatic heterocycles. The topological polar surface area (TPSA) is 65.1 Å². The van der Waals surface area contributed by atoms with Crippen LogP contribution in [0, 0.1) is 5.95 Å². The number of hydrogen-bond acceptors (Lipinski definition) is 3. The van der Waals surface area contributed by atoms with Gasteiger partial charge in [0.1, 0.15) is 5.82 Å². The number of carbonyl (C=O) groups excluding carboxylic acids is 1. The predicted molar refractivity (Wildman–Crippen MR) is 108 cm³/mol. The number of hydrogen-bond donors (Lipinski definition) is 1. The van der Waals surface area contributed by atoms with Gasteiger partial charge in [-0.1, -0.05) is 29.3 Å². The second-order valence-corrected chi connectivity index (χ2v) is 8.43. The van der Waals surface area contributed by atoms with E-state index in [0.717, 1.165) is 18.4 Å². The Kier molecular flexibility index (Phi) is 4.59. The van der Waals surface area contributed by atoms with E-state index in [1.165, 1.54) is 6.07 Å². The lowest BCUT2D eigenvalue weighted by molar-refractivity contribution is 0.182. The molecule has 1 atom stereocenters. The van der Waals surface area contributed by atoms with E-state index in [9.17, 15) is 9.18 Å². The largest absolute Gasteiger partial charge is 0.339 e.